The lowest BCUT2D eigenvalue weighted by atomic mass is 9.96. The normalized spacial score (nSPS) is 22.2. The summed E-state index contributed by atoms with van der Waals surface area (Å²) in [6.07, 6.45) is 10.7. The highest BCUT2D eigenvalue weighted by molar-refractivity contribution is 7.89. The number of nitrogens with one attached hydrogen (secondary N) is 2. The molecule has 2 fully saturated rings. The maximum absolute atomic E-state index is 12.8. The molecule has 3 aliphatic rings. The third-order valence-electron chi connectivity index (χ3n) is 6.86. The van der Waals surface area contributed by atoms with Gasteiger partial charge in [-0.05, 0) is 62.8 Å². The van der Waals surface area contributed by atoms with Crippen molar-refractivity contribution in [3.05, 3.63) is 23.8 Å². The Balaban J connectivity index is 1.31. The molecule has 32 heavy (non-hydrogen) atoms. The van der Waals surface area contributed by atoms with Gasteiger partial charge in [0.25, 0.3) is 0 Å². The van der Waals surface area contributed by atoms with Crippen LogP contribution in [0.3, 0.4) is 0 Å². The number of sulfonamides is 1. The number of nitrogens with zero attached hydrogens (tertiary/aromatic N) is 1. The van der Waals surface area contributed by atoms with Crippen LogP contribution in [-0.4, -0.2) is 38.9 Å². The third kappa shape index (κ3) is 5.52. The lowest BCUT2D eigenvalue weighted by Crippen LogP contribution is -2.37. The van der Waals surface area contributed by atoms with Crippen LogP contribution in [-0.2, 0) is 26.0 Å². The maximum Gasteiger partial charge on any atom is 0.240 e. The summed E-state index contributed by atoms with van der Waals surface area (Å²) in [7, 11) is -3.71. The van der Waals surface area contributed by atoms with Gasteiger partial charge in [-0.15, -0.1) is 0 Å². The molecule has 2 N–H and O–H groups in total. The van der Waals surface area contributed by atoms with E-state index in [0.29, 0.717) is 6.42 Å². The predicted molar refractivity (Wildman–Crippen MR) is 124 cm³/mol. The number of fused-ring (bicyclic) bond motifs is 1. The minimum atomic E-state index is -3.71. The Morgan fingerprint density at radius 2 is 1.72 bits per heavy atom. The molecule has 1 aliphatic heterocycles. The number of carbonyl (C=O) groups is 2. The minimum absolute atomic E-state index is 0.0426. The third-order valence-corrected chi connectivity index (χ3v) is 8.31. The molecule has 8 heteroatoms. The zero-order chi connectivity index (χ0) is 22.7. The van der Waals surface area contributed by atoms with Crippen LogP contribution in [0.25, 0.3) is 0 Å². The van der Waals surface area contributed by atoms with Gasteiger partial charge < -0.3 is 10.2 Å². The van der Waals surface area contributed by atoms with Crippen LogP contribution >= 0.6 is 0 Å². The van der Waals surface area contributed by atoms with Gasteiger partial charge >= 0.3 is 0 Å². The molecule has 1 aromatic carbocycles. The molecule has 1 heterocycles. The first-order valence-electron chi connectivity index (χ1n) is 12.1. The SMILES string of the molecule is C[C@H]1Cc2cc(S(=O)(=O)NCCC(=O)NC3CCCCCCC3)ccc2N1C(=O)C1CC1. The molecule has 0 unspecified atom stereocenters. The predicted octanol–water partition coefficient (Wildman–Crippen LogP) is 3.27. The fraction of sp³-hybridized carbons (Fsp3) is 0.667. The Labute approximate surface area is 191 Å². The van der Waals surface area contributed by atoms with Crippen LogP contribution in [0.4, 0.5) is 5.69 Å². The van der Waals surface area contributed by atoms with Crippen LogP contribution in [0.2, 0.25) is 0 Å². The Morgan fingerprint density at radius 1 is 1.03 bits per heavy atom. The van der Waals surface area contributed by atoms with Gasteiger partial charge in [0.2, 0.25) is 21.8 Å². The van der Waals surface area contributed by atoms with E-state index in [-0.39, 0.29) is 47.7 Å². The molecule has 2 aliphatic carbocycles. The van der Waals surface area contributed by atoms with E-state index in [1.54, 1.807) is 18.2 Å². The van der Waals surface area contributed by atoms with Gasteiger partial charge in [0.05, 0.1) is 4.90 Å². The van der Waals surface area contributed by atoms with E-state index in [1.807, 2.05) is 11.8 Å². The van der Waals surface area contributed by atoms with E-state index in [2.05, 4.69) is 10.0 Å². The second-order valence-electron chi connectivity index (χ2n) is 9.58. The number of rotatable bonds is 7. The Hall–Kier alpha value is -1.93. The first kappa shape index (κ1) is 23.2. The lowest BCUT2D eigenvalue weighted by molar-refractivity contribution is -0.122. The van der Waals surface area contributed by atoms with Gasteiger partial charge in [0, 0.05) is 36.7 Å². The van der Waals surface area contributed by atoms with E-state index in [4.69, 9.17) is 0 Å². The van der Waals surface area contributed by atoms with Crippen LogP contribution in [0, 0.1) is 5.92 Å². The van der Waals surface area contributed by atoms with E-state index in [9.17, 15) is 18.0 Å². The number of hydrogen-bond acceptors (Lipinski definition) is 4. The maximum atomic E-state index is 12.8. The van der Waals surface area contributed by atoms with Crippen molar-refractivity contribution >= 4 is 27.5 Å². The van der Waals surface area contributed by atoms with Crippen molar-refractivity contribution in [2.75, 3.05) is 11.4 Å². The number of hydrogen-bond donors (Lipinski definition) is 2. The Kier molecular flexibility index (Phi) is 7.20. The van der Waals surface area contributed by atoms with Gasteiger partial charge in [-0.3, -0.25) is 9.59 Å². The topological polar surface area (TPSA) is 95.6 Å². The zero-order valence-corrected chi connectivity index (χ0v) is 19.8. The lowest BCUT2D eigenvalue weighted by Gasteiger charge is -2.22. The standard InChI is InChI=1S/C24H35N3O4S/c1-17-15-19-16-21(11-12-22(19)27(17)24(29)18-9-10-18)32(30,31)25-14-13-23(28)26-20-7-5-3-2-4-6-8-20/h11-12,16-18,20,25H,2-10,13-15H2,1H3,(H,26,28)/t17-/m0/s1. The highest BCUT2D eigenvalue weighted by Gasteiger charge is 2.39. The molecule has 176 valence electrons. The van der Waals surface area contributed by atoms with Crippen molar-refractivity contribution < 1.29 is 18.0 Å². The van der Waals surface area contributed by atoms with Gasteiger partial charge in [0.1, 0.15) is 0 Å². The molecule has 0 radical (unpaired) electrons. The number of benzene rings is 1. The van der Waals surface area contributed by atoms with Crippen LogP contribution in [0.5, 0.6) is 0 Å². The monoisotopic (exact) mass is 461 g/mol. The molecule has 0 spiro atoms. The summed E-state index contributed by atoms with van der Waals surface area (Å²) >= 11 is 0. The molecule has 2 saturated carbocycles. The van der Waals surface area contributed by atoms with Crippen LogP contribution in [0.1, 0.15) is 76.7 Å². The summed E-state index contributed by atoms with van der Waals surface area (Å²) < 4.78 is 28.1. The van der Waals surface area contributed by atoms with Crippen molar-refractivity contribution in [1.29, 1.82) is 0 Å². The fourth-order valence-corrected chi connectivity index (χ4v) is 6.00. The highest BCUT2D eigenvalue weighted by Crippen LogP contribution is 2.39. The van der Waals surface area contributed by atoms with Crippen LogP contribution in [0.15, 0.2) is 23.1 Å². The van der Waals surface area contributed by atoms with E-state index < -0.39 is 10.0 Å². The van der Waals surface area contributed by atoms with E-state index in [1.165, 1.54) is 19.3 Å². The number of amides is 2. The minimum Gasteiger partial charge on any atom is -0.353 e. The number of anilines is 1. The first-order chi connectivity index (χ1) is 15.3. The molecular formula is C24H35N3O4S. The second-order valence-corrected chi connectivity index (χ2v) is 11.4. The van der Waals surface area contributed by atoms with Gasteiger partial charge in [-0.2, -0.15) is 0 Å². The molecule has 0 saturated heterocycles. The molecule has 7 nitrogen and oxygen atoms in total. The summed E-state index contributed by atoms with van der Waals surface area (Å²) in [5.41, 5.74) is 1.71. The van der Waals surface area contributed by atoms with Crippen molar-refractivity contribution in [2.45, 2.75) is 94.5 Å². The molecular weight excluding hydrogens is 426 g/mol. The van der Waals surface area contributed by atoms with Crippen molar-refractivity contribution in [2.24, 2.45) is 5.92 Å². The summed E-state index contributed by atoms with van der Waals surface area (Å²) in [5, 5.41) is 3.07. The largest absolute Gasteiger partial charge is 0.353 e. The second kappa shape index (κ2) is 9.91. The Bertz CT molecular complexity index is 950. The quantitative estimate of drug-likeness (QED) is 0.651. The zero-order valence-electron chi connectivity index (χ0n) is 18.9. The van der Waals surface area contributed by atoms with Gasteiger partial charge in [-0.25, -0.2) is 13.1 Å². The summed E-state index contributed by atoms with van der Waals surface area (Å²) in [4.78, 5) is 26.9. The van der Waals surface area contributed by atoms with E-state index >= 15 is 0 Å². The highest BCUT2D eigenvalue weighted by atomic mass is 32.2. The smallest absolute Gasteiger partial charge is 0.240 e. The van der Waals surface area contributed by atoms with Crippen molar-refractivity contribution in [3.63, 3.8) is 0 Å². The molecule has 0 aromatic heterocycles. The molecule has 1 atom stereocenters. The van der Waals surface area contributed by atoms with Crippen molar-refractivity contribution in [1.82, 2.24) is 10.0 Å². The molecule has 2 amide bonds. The van der Waals surface area contributed by atoms with E-state index in [0.717, 1.165) is 49.8 Å². The fourth-order valence-electron chi connectivity index (χ4n) is 4.92. The average Bonchev–Trinajstić information content (AvgIpc) is 3.51. The summed E-state index contributed by atoms with van der Waals surface area (Å²) in [6, 6.07) is 5.22. The average molecular weight is 462 g/mol. The first-order valence-corrected chi connectivity index (χ1v) is 13.6. The molecule has 0 bridgehead atoms. The molecule has 1 aromatic rings. The van der Waals surface area contributed by atoms with Crippen LogP contribution < -0.4 is 14.9 Å². The van der Waals surface area contributed by atoms with Gasteiger partial charge in [-0.1, -0.05) is 32.1 Å². The summed E-state index contributed by atoms with van der Waals surface area (Å²) in [6.45, 7) is 2.07. The molecule has 4 rings (SSSR count). The number of carbonyl (C=O) groups excluding carboxylic acids is 2. The van der Waals surface area contributed by atoms with Crippen molar-refractivity contribution in [3.8, 4) is 0 Å². The summed E-state index contributed by atoms with van der Waals surface area (Å²) in [5.74, 6) is 0.178. The Morgan fingerprint density at radius 3 is 2.41 bits per heavy atom. The van der Waals surface area contributed by atoms with Gasteiger partial charge in [0.15, 0.2) is 0 Å².